The summed E-state index contributed by atoms with van der Waals surface area (Å²) in [7, 11) is 0. The Hall–Kier alpha value is -9.26. The van der Waals surface area contributed by atoms with Gasteiger partial charge in [-0.1, -0.05) is 86.6 Å². The van der Waals surface area contributed by atoms with Gasteiger partial charge in [-0.25, -0.2) is 14.4 Å². The molecular formula is C75H87N9O9. The fraction of sp³-hybridized carbons (Fsp3) is 0.387. The Balaban J connectivity index is 0.866. The number of hydrogen-bond acceptors (Lipinski definition) is 11. The molecule has 7 aromatic rings. The van der Waals surface area contributed by atoms with E-state index in [9.17, 15) is 19.2 Å². The highest BCUT2D eigenvalue weighted by Crippen LogP contribution is 2.49. The van der Waals surface area contributed by atoms with Crippen molar-refractivity contribution in [2.24, 2.45) is 5.92 Å². The zero-order chi connectivity index (χ0) is 65.4. The smallest absolute Gasteiger partial charge is 0.411 e. The van der Waals surface area contributed by atoms with Crippen LogP contribution in [-0.2, 0) is 60.8 Å². The van der Waals surface area contributed by atoms with Crippen LogP contribution in [0, 0.1) is 5.92 Å². The van der Waals surface area contributed by atoms with Crippen molar-refractivity contribution in [2.75, 3.05) is 69.9 Å². The predicted octanol–water partition coefficient (Wildman–Crippen LogP) is 15.0. The number of aromatic nitrogens is 1. The van der Waals surface area contributed by atoms with Crippen LogP contribution in [-0.4, -0.2) is 108 Å². The van der Waals surface area contributed by atoms with Crippen molar-refractivity contribution >= 4 is 87.2 Å². The quantitative estimate of drug-likeness (QED) is 0.0694. The van der Waals surface area contributed by atoms with E-state index in [1.807, 2.05) is 130 Å². The first kappa shape index (κ1) is 65.2. The van der Waals surface area contributed by atoms with E-state index in [4.69, 9.17) is 14.2 Å². The molecule has 18 nitrogen and oxygen atoms in total. The summed E-state index contributed by atoms with van der Waals surface area (Å²) in [5.41, 5.74) is 12.9. The van der Waals surface area contributed by atoms with E-state index in [0.29, 0.717) is 60.8 Å². The van der Waals surface area contributed by atoms with Crippen LogP contribution in [0.5, 0.6) is 0 Å². The summed E-state index contributed by atoms with van der Waals surface area (Å²) in [6.45, 7) is 18.4. The zero-order valence-electron chi connectivity index (χ0n) is 54.8. The Labute approximate surface area is 546 Å². The Morgan fingerprint density at radius 3 is 1.51 bits per heavy atom. The number of nitrogens with one attached hydrogen (secondary N) is 3. The van der Waals surface area contributed by atoms with Crippen molar-refractivity contribution in [1.82, 2.24) is 14.4 Å². The van der Waals surface area contributed by atoms with E-state index in [2.05, 4.69) is 69.9 Å². The molecule has 4 aliphatic heterocycles. The lowest BCUT2D eigenvalue weighted by atomic mass is 9.76. The summed E-state index contributed by atoms with van der Waals surface area (Å²) in [4.78, 5) is 94.4. The van der Waals surface area contributed by atoms with Crippen LogP contribution in [0.3, 0.4) is 0 Å². The number of carbonyl (C=O) groups excluding carboxylic acids is 6. The maximum atomic E-state index is 15.6. The number of ether oxygens (including phenoxy) is 3. The first-order chi connectivity index (χ1) is 44.9. The number of fused-ring (bicyclic) bond motifs is 6. The van der Waals surface area contributed by atoms with Gasteiger partial charge in [-0.15, -0.1) is 0 Å². The average molecular weight is 1260 g/mol. The number of nitrogens with zero attached hydrogens (tertiary/aromatic N) is 6. The van der Waals surface area contributed by atoms with Gasteiger partial charge in [-0.3, -0.25) is 54.8 Å². The van der Waals surface area contributed by atoms with E-state index in [1.165, 1.54) is 0 Å². The van der Waals surface area contributed by atoms with E-state index in [-0.39, 0.29) is 73.4 Å². The molecule has 1 saturated heterocycles. The van der Waals surface area contributed by atoms with Crippen molar-refractivity contribution in [3.63, 3.8) is 0 Å². The number of carbonyl (C=O) groups is 6. The molecule has 18 heteroatoms. The first-order valence-electron chi connectivity index (χ1n) is 33.1. The zero-order valence-corrected chi connectivity index (χ0v) is 54.8. The number of aryl methyl sites for hydroxylation is 2. The highest BCUT2D eigenvalue weighted by atomic mass is 16.6. The summed E-state index contributed by atoms with van der Waals surface area (Å²) in [5.74, 6) is -0.298. The molecule has 2 atom stereocenters. The summed E-state index contributed by atoms with van der Waals surface area (Å²) in [6.07, 6.45) is 7.35. The van der Waals surface area contributed by atoms with Crippen molar-refractivity contribution in [3.8, 4) is 0 Å². The first-order valence-corrected chi connectivity index (χ1v) is 33.1. The van der Waals surface area contributed by atoms with Gasteiger partial charge in [-0.05, 0) is 231 Å². The maximum absolute atomic E-state index is 15.6. The minimum atomic E-state index is -0.598. The molecule has 6 aromatic carbocycles. The lowest BCUT2D eigenvalue weighted by Gasteiger charge is -2.37. The molecule has 0 spiro atoms. The lowest BCUT2D eigenvalue weighted by molar-refractivity contribution is -0.120. The average Bonchev–Trinajstić information content (AvgIpc) is 1.67. The molecule has 4 aliphatic rings. The number of piperidine rings is 1. The standard InChI is InChI=1S/C75H87N9O9/c1-9-34-79(35-10-2)45-70(85)83-65-21-15-12-18-60(65)62(39-54-26-29-58(42-68(54)83)77-74(89)92-49(5)6)51-31-36-80(37-32-51)46-71(86)84-66-22-16-13-19-61(66)63(40-55-27-30-59(43-69(55)84)78-75(90)93-50(7)8)56-33-38-81(44-56)47-72(87)82-64-20-14-11-17-52(64)23-24-53-25-28-57(41-67(53)82)76-73(88)91-48(3)4/h11-22,25-30,33,38,41-44,48-51,62-63H,9-10,23-24,31-32,34-37,39-40,45-47H2,1-8H3,(H,76,88)(H,77,89)(H,78,90). The van der Waals surface area contributed by atoms with Gasteiger partial charge in [0.2, 0.25) is 11.8 Å². The Morgan fingerprint density at radius 1 is 0.495 bits per heavy atom. The van der Waals surface area contributed by atoms with Crippen LogP contribution in [0.2, 0.25) is 0 Å². The topological polar surface area (TPSA) is 187 Å². The number of para-hydroxylation sites is 3. The van der Waals surface area contributed by atoms with E-state index >= 15 is 9.59 Å². The van der Waals surface area contributed by atoms with Gasteiger partial charge in [0.15, 0.2) is 0 Å². The Kier molecular flexibility index (Phi) is 20.4. The SMILES string of the molecule is CCCN(CCC)CC(=O)N1c2cc(NC(=O)OC(C)C)ccc2CC(C2CCN(CC(=O)N3c4cc(NC(=O)OC(C)C)ccc4CC(c4ccn(CC(=O)N5c6ccccc6CCc6ccc(NC(=O)OC(C)C)cc65)c4)c4ccccc43)CC2)c2ccccc21. The van der Waals surface area contributed by atoms with Crippen molar-refractivity contribution < 1.29 is 43.0 Å². The third-order valence-corrected chi connectivity index (χ3v) is 17.9. The number of hydrogen-bond donors (Lipinski definition) is 3. The number of amides is 6. The molecule has 0 bridgehead atoms. The van der Waals surface area contributed by atoms with Crippen LogP contribution in [0.15, 0.2) is 146 Å². The molecule has 93 heavy (non-hydrogen) atoms. The van der Waals surface area contributed by atoms with E-state index < -0.39 is 18.3 Å². The molecule has 2 unspecified atom stereocenters. The fourth-order valence-electron chi connectivity index (χ4n) is 13.9. The monoisotopic (exact) mass is 1260 g/mol. The number of rotatable bonds is 18. The van der Waals surface area contributed by atoms with Gasteiger partial charge >= 0.3 is 18.3 Å². The van der Waals surface area contributed by atoms with Crippen LogP contribution in [0.1, 0.15) is 132 Å². The highest BCUT2D eigenvalue weighted by molar-refractivity contribution is 6.06. The summed E-state index contributed by atoms with van der Waals surface area (Å²) in [5, 5.41) is 8.67. The molecule has 11 rings (SSSR count). The summed E-state index contributed by atoms with van der Waals surface area (Å²) >= 11 is 0. The Morgan fingerprint density at radius 2 is 0.946 bits per heavy atom. The largest absolute Gasteiger partial charge is 0.447 e. The van der Waals surface area contributed by atoms with Crippen molar-refractivity contribution in [1.29, 1.82) is 0 Å². The second-order valence-corrected chi connectivity index (χ2v) is 25.8. The molecule has 0 saturated carbocycles. The van der Waals surface area contributed by atoms with Gasteiger partial charge in [0, 0.05) is 35.4 Å². The molecule has 5 heterocycles. The van der Waals surface area contributed by atoms with E-state index in [0.717, 1.165) is 107 Å². The molecule has 6 amide bonds. The van der Waals surface area contributed by atoms with E-state index in [1.54, 1.807) is 46.4 Å². The third kappa shape index (κ3) is 15.1. The number of benzene rings is 6. The predicted molar refractivity (Wildman–Crippen MR) is 366 cm³/mol. The van der Waals surface area contributed by atoms with Gasteiger partial charge in [0.25, 0.3) is 5.91 Å². The van der Waals surface area contributed by atoms with Crippen LogP contribution >= 0.6 is 0 Å². The normalized spacial score (nSPS) is 16.2. The van der Waals surface area contributed by atoms with Crippen LogP contribution in [0.4, 0.5) is 65.6 Å². The second kappa shape index (κ2) is 29.1. The minimum Gasteiger partial charge on any atom is -0.447 e. The van der Waals surface area contributed by atoms with Gasteiger partial charge in [0.1, 0.15) is 6.54 Å². The molecule has 1 fully saturated rings. The number of likely N-dealkylation sites (tertiary alicyclic amines) is 1. The maximum Gasteiger partial charge on any atom is 0.411 e. The number of anilines is 9. The lowest BCUT2D eigenvalue weighted by Crippen LogP contribution is -2.43. The van der Waals surface area contributed by atoms with Crippen molar-refractivity contribution in [3.05, 3.63) is 185 Å². The molecule has 486 valence electrons. The molecular weight excluding hydrogens is 1170 g/mol. The highest BCUT2D eigenvalue weighted by Gasteiger charge is 2.39. The summed E-state index contributed by atoms with van der Waals surface area (Å²) < 4.78 is 18.3. The molecule has 3 N–H and O–H groups in total. The Bertz CT molecular complexity index is 3880. The van der Waals surface area contributed by atoms with Gasteiger partial charge in [-0.2, -0.15) is 0 Å². The summed E-state index contributed by atoms with van der Waals surface area (Å²) in [6, 6.07) is 43.5. The van der Waals surface area contributed by atoms with Crippen molar-refractivity contribution in [2.45, 2.75) is 143 Å². The van der Waals surface area contributed by atoms with Gasteiger partial charge < -0.3 is 18.8 Å². The molecule has 0 radical (unpaired) electrons. The molecule has 1 aromatic heterocycles. The fourth-order valence-corrected chi connectivity index (χ4v) is 13.9. The molecule has 0 aliphatic carbocycles. The van der Waals surface area contributed by atoms with Crippen LogP contribution < -0.4 is 30.7 Å². The second-order valence-electron chi connectivity index (χ2n) is 25.8. The van der Waals surface area contributed by atoms with Crippen LogP contribution in [0.25, 0.3) is 0 Å². The third-order valence-electron chi connectivity index (χ3n) is 17.9. The minimum absolute atomic E-state index is 0.0148. The van der Waals surface area contributed by atoms with Gasteiger partial charge in [0.05, 0.1) is 65.5 Å².